The summed E-state index contributed by atoms with van der Waals surface area (Å²) in [7, 11) is -3.52. The van der Waals surface area contributed by atoms with E-state index in [1.165, 1.54) is 9.71 Å². The number of benzene rings is 2. The van der Waals surface area contributed by atoms with Crippen molar-refractivity contribution >= 4 is 27.7 Å². The van der Waals surface area contributed by atoms with Crippen LogP contribution in [0.5, 0.6) is 11.5 Å². The van der Waals surface area contributed by atoms with Gasteiger partial charge >= 0.3 is 0 Å². The molecule has 0 aromatic heterocycles. The number of carbonyl (C=O) groups is 1. The lowest BCUT2D eigenvalue weighted by Crippen LogP contribution is -2.40. The van der Waals surface area contributed by atoms with Gasteiger partial charge in [0.25, 0.3) is 5.79 Å². The summed E-state index contributed by atoms with van der Waals surface area (Å²) in [6, 6.07) is 14.8. The molecule has 1 amide bonds. The van der Waals surface area contributed by atoms with Crippen molar-refractivity contribution < 1.29 is 22.7 Å². The molecule has 2 aromatic rings. The molecule has 2 aliphatic heterocycles. The summed E-state index contributed by atoms with van der Waals surface area (Å²) < 4.78 is 38.8. The molecule has 0 radical (unpaired) electrons. The van der Waals surface area contributed by atoms with Crippen LogP contribution < -0.4 is 14.8 Å². The molecule has 8 heteroatoms. The van der Waals surface area contributed by atoms with Gasteiger partial charge in [-0.25, -0.2) is 8.42 Å². The van der Waals surface area contributed by atoms with E-state index in [0.717, 1.165) is 37.0 Å². The number of rotatable bonds is 5. The second-order valence-electron chi connectivity index (χ2n) is 8.90. The molecule has 2 aromatic carbocycles. The molecule has 1 aliphatic carbocycles. The Bertz CT molecular complexity index is 1150. The fraction of sp³-hybridized carbons (Fsp3) is 0.400. The van der Waals surface area contributed by atoms with Crippen LogP contribution >= 0.6 is 0 Å². The van der Waals surface area contributed by atoms with E-state index >= 15 is 0 Å². The van der Waals surface area contributed by atoms with Crippen molar-refractivity contribution in [2.75, 3.05) is 18.4 Å². The summed E-state index contributed by atoms with van der Waals surface area (Å²) in [6.07, 6.45) is 6.51. The first-order chi connectivity index (χ1) is 15.9. The normalized spacial score (nSPS) is 20.5. The lowest BCUT2D eigenvalue weighted by molar-refractivity contribution is -0.120. The fourth-order valence-electron chi connectivity index (χ4n) is 4.72. The molecular weight excluding hydrogens is 440 g/mol. The molecule has 3 aliphatic rings. The number of piperidine rings is 1. The lowest BCUT2D eigenvalue weighted by atomic mass is 9.97. The lowest BCUT2D eigenvalue weighted by Gasteiger charge is -2.29. The zero-order chi connectivity index (χ0) is 22.9. The number of hydrogen-bond donors (Lipinski definition) is 1. The van der Waals surface area contributed by atoms with Gasteiger partial charge in [-0.15, -0.1) is 0 Å². The number of carbonyl (C=O) groups excluding carboxylic acids is 1. The molecule has 2 fully saturated rings. The Kier molecular flexibility index (Phi) is 5.88. The van der Waals surface area contributed by atoms with Crippen LogP contribution in [-0.4, -0.2) is 37.5 Å². The van der Waals surface area contributed by atoms with Crippen molar-refractivity contribution in [1.29, 1.82) is 0 Å². The van der Waals surface area contributed by atoms with Gasteiger partial charge in [-0.3, -0.25) is 4.79 Å². The van der Waals surface area contributed by atoms with Crippen molar-refractivity contribution in [3.63, 3.8) is 0 Å². The SMILES string of the molecule is O=C(Nc1ccc2c(c1)OC1(CCCC1)O2)C1CCN(S(=O)(=O)C=Cc2ccccc2)CC1. The van der Waals surface area contributed by atoms with Gasteiger partial charge in [-0.05, 0) is 49.5 Å². The van der Waals surface area contributed by atoms with Crippen molar-refractivity contribution in [2.24, 2.45) is 5.92 Å². The van der Waals surface area contributed by atoms with Gasteiger partial charge in [0, 0.05) is 49.0 Å². The Morgan fingerprint density at radius 3 is 2.42 bits per heavy atom. The third-order valence-electron chi connectivity index (χ3n) is 6.59. The minimum absolute atomic E-state index is 0.0960. The Morgan fingerprint density at radius 1 is 1.00 bits per heavy atom. The summed E-state index contributed by atoms with van der Waals surface area (Å²) in [5.74, 6) is 0.526. The standard InChI is InChI=1S/C25H28N2O5S/c28-24(26-21-8-9-22-23(18-21)32-25(31-22)13-4-5-14-25)20-10-15-27(16-11-20)33(29,30)17-12-19-6-2-1-3-7-19/h1-3,6-9,12,17-18,20H,4-5,10-11,13-16H2,(H,26,28). The van der Waals surface area contributed by atoms with Crippen LogP contribution in [0.2, 0.25) is 0 Å². The van der Waals surface area contributed by atoms with E-state index in [4.69, 9.17) is 9.47 Å². The van der Waals surface area contributed by atoms with Crippen molar-refractivity contribution in [3.8, 4) is 11.5 Å². The van der Waals surface area contributed by atoms with Crippen LogP contribution in [0.3, 0.4) is 0 Å². The Hall–Kier alpha value is -2.84. The van der Waals surface area contributed by atoms with Gasteiger partial charge in [0.15, 0.2) is 11.5 Å². The van der Waals surface area contributed by atoms with Crippen LogP contribution in [0, 0.1) is 5.92 Å². The van der Waals surface area contributed by atoms with Crippen molar-refractivity contribution in [2.45, 2.75) is 44.3 Å². The minimum atomic E-state index is -3.52. The number of ether oxygens (including phenoxy) is 2. The quantitative estimate of drug-likeness (QED) is 0.704. The molecule has 1 saturated heterocycles. The van der Waals surface area contributed by atoms with Crippen LogP contribution in [0.25, 0.3) is 6.08 Å². The molecule has 174 valence electrons. The van der Waals surface area contributed by atoms with Crippen LogP contribution in [0.4, 0.5) is 5.69 Å². The van der Waals surface area contributed by atoms with Crippen LogP contribution in [0.15, 0.2) is 53.9 Å². The highest BCUT2D eigenvalue weighted by Crippen LogP contribution is 2.47. The third kappa shape index (κ3) is 4.77. The van der Waals surface area contributed by atoms with Gasteiger partial charge in [-0.1, -0.05) is 30.3 Å². The molecule has 33 heavy (non-hydrogen) atoms. The summed E-state index contributed by atoms with van der Waals surface area (Å²) in [5, 5.41) is 4.21. The molecule has 5 rings (SSSR count). The van der Waals surface area contributed by atoms with Crippen molar-refractivity contribution in [1.82, 2.24) is 4.31 Å². The number of hydrogen-bond acceptors (Lipinski definition) is 5. The maximum absolute atomic E-state index is 12.8. The highest BCUT2D eigenvalue weighted by molar-refractivity contribution is 7.92. The van der Waals surface area contributed by atoms with Crippen molar-refractivity contribution in [3.05, 3.63) is 59.5 Å². The van der Waals surface area contributed by atoms with E-state index in [-0.39, 0.29) is 11.8 Å². The van der Waals surface area contributed by atoms with Crippen LogP contribution in [0.1, 0.15) is 44.1 Å². The van der Waals surface area contributed by atoms with E-state index in [2.05, 4.69) is 5.32 Å². The topological polar surface area (TPSA) is 84.9 Å². The smallest absolute Gasteiger partial charge is 0.251 e. The van der Waals surface area contributed by atoms with Crippen LogP contribution in [-0.2, 0) is 14.8 Å². The van der Waals surface area contributed by atoms with Gasteiger partial charge < -0.3 is 14.8 Å². The van der Waals surface area contributed by atoms with Gasteiger partial charge in [-0.2, -0.15) is 4.31 Å². The number of fused-ring (bicyclic) bond motifs is 1. The van der Waals surface area contributed by atoms with E-state index < -0.39 is 15.8 Å². The number of anilines is 1. The molecule has 1 N–H and O–H groups in total. The number of nitrogens with one attached hydrogen (secondary N) is 1. The summed E-state index contributed by atoms with van der Waals surface area (Å²) >= 11 is 0. The first-order valence-corrected chi connectivity index (χ1v) is 13.0. The zero-order valence-corrected chi connectivity index (χ0v) is 19.2. The molecular formula is C25H28N2O5S. The molecule has 0 bridgehead atoms. The Balaban J connectivity index is 1.16. The maximum atomic E-state index is 12.8. The second-order valence-corrected chi connectivity index (χ2v) is 10.7. The predicted octanol–water partition coefficient (Wildman–Crippen LogP) is 4.38. The summed E-state index contributed by atoms with van der Waals surface area (Å²) in [6.45, 7) is 0.645. The van der Waals surface area contributed by atoms with Gasteiger partial charge in [0.2, 0.25) is 15.9 Å². The largest absolute Gasteiger partial charge is 0.448 e. The Morgan fingerprint density at radius 2 is 1.70 bits per heavy atom. The average Bonchev–Trinajstić information content (AvgIpc) is 3.43. The first kappa shape index (κ1) is 22.0. The molecule has 1 spiro atoms. The summed E-state index contributed by atoms with van der Waals surface area (Å²) in [5.41, 5.74) is 1.50. The Labute approximate surface area is 194 Å². The van der Waals surface area contributed by atoms with E-state index in [1.807, 2.05) is 48.5 Å². The zero-order valence-electron chi connectivity index (χ0n) is 18.4. The minimum Gasteiger partial charge on any atom is -0.448 e. The average molecular weight is 469 g/mol. The second kappa shape index (κ2) is 8.83. The monoisotopic (exact) mass is 468 g/mol. The highest BCUT2D eigenvalue weighted by atomic mass is 32.2. The molecule has 7 nitrogen and oxygen atoms in total. The molecule has 1 saturated carbocycles. The number of sulfonamides is 1. The third-order valence-corrected chi connectivity index (χ3v) is 8.15. The van der Waals surface area contributed by atoms with E-state index in [1.54, 1.807) is 6.08 Å². The highest BCUT2D eigenvalue weighted by Gasteiger charge is 2.44. The molecule has 0 unspecified atom stereocenters. The molecule has 0 atom stereocenters. The summed E-state index contributed by atoms with van der Waals surface area (Å²) in [4.78, 5) is 12.8. The fourth-order valence-corrected chi connectivity index (χ4v) is 5.94. The first-order valence-electron chi connectivity index (χ1n) is 11.5. The van der Waals surface area contributed by atoms with Gasteiger partial charge in [0.05, 0.1) is 0 Å². The predicted molar refractivity (Wildman–Crippen MR) is 126 cm³/mol. The maximum Gasteiger partial charge on any atom is 0.251 e. The van der Waals surface area contributed by atoms with Gasteiger partial charge in [0.1, 0.15) is 0 Å². The molecule has 2 heterocycles. The number of amides is 1. The van der Waals surface area contributed by atoms with E-state index in [9.17, 15) is 13.2 Å². The van der Waals surface area contributed by atoms with E-state index in [0.29, 0.717) is 37.4 Å². The number of nitrogens with zero attached hydrogens (tertiary/aromatic N) is 1.